The van der Waals surface area contributed by atoms with Gasteiger partial charge in [-0.1, -0.05) is 30.8 Å². The van der Waals surface area contributed by atoms with E-state index in [1.807, 2.05) is 30.5 Å². The second-order valence-corrected chi connectivity index (χ2v) is 10.1. The fraction of sp³-hybridized carbons (Fsp3) is 0.357. The van der Waals surface area contributed by atoms with E-state index >= 15 is 0 Å². The van der Waals surface area contributed by atoms with Crippen molar-refractivity contribution in [1.29, 1.82) is 0 Å². The van der Waals surface area contributed by atoms with Crippen molar-refractivity contribution < 1.29 is 18.3 Å². The summed E-state index contributed by atoms with van der Waals surface area (Å²) in [5.41, 5.74) is 3.91. The van der Waals surface area contributed by atoms with Gasteiger partial charge in [0.15, 0.2) is 5.82 Å². The van der Waals surface area contributed by atoms with Crippen molar-refractivity contribution in [2.75, 3.05) is 20.4 Å². The van der Waals surface area contributed by atoms with Gasteiger partial charge in [0.1, 0.15) is 23.5 Å². The Kier molecular flexibility index (Phi) is 8.30. The summed E-state index contributed by atoms with van der Waals surface area (Å²) in [5, 5.41) is 0.758. The number of alkyl halides is 2. The van der Waals surface area contributed by atoms with Crippen LogP contribution in [0.2, 0.25) is 0 Å². The number of ether oxygens (including phenoxy) is 2. The number of aromatic nitrogens is 4. The van der Waals surface area contributed by atoms with Crippen LogP contribution in [-0.2, 0) is 6.61 Å². The summed E-state index contributed by atoms with van der Waals surface area (Å²) in [5.74, 6) is -1.17. The van der Waals surface area contributed by atoms with Crippen LogP contribution in [-0.4, -0.2) is 51.2 Å². The molecule has 1 aliphatic rings. The van der Waals surface area contributed by atoms with E-state index in [9.17, 15) is 8.78 Å². The molecule has 0 saturated heterocycles. The molecule has 0 aliphatic heterocycles. The Morgan fingerprint density at radius 2 is 1.92 bits per heavy atom. The molecular formula is C28H31F2N5O2S. The summed E-state index contributed by atoms with van der Waals surface area (Å²) < 4.78 is 38.6. The maximum Gasteiger partial charge on any atom is 0.268 e. The molecule has 2 aromatic heterocycles. The van der Waals surface area contributed by atoms with Crippen molar-refractivity contribution >= 4 is 17.5 Å². The zero-order chi connectivity index (χ0) is 27.4. The van der Waals surface area contributed by atoms with E-state index in [0.29, 0.717) is 34.8 Å². The molecule has 1 saturated carbocycles. The van der Waals surface area contributed by atoms with Crippen LogP contribution in [0.25, 0.3) is 17.1 Å². The third-order valence-electron chi connectivity index (χ3n) is 6.29. The molecule has 10 heteroatoms. The molecule has 200 valence electrons. The normalized spacial score (nSPS) is 13.8. The van der Waals surface area contributed by atoms with Crippen LogP contribution >= 0.6 is 11.8 Å². The molecule has 0 N–H and O–H groups in total. The minimum atomic E-state index is -2.88. The average Bonchev–Trinajstić information content (AvgIpc) is 3.76. The largest absolute Gasteiger partial charge is 0.480 e. The third kappa shape index (κ3) is 6.48. The molecule has 2 heterocycles. The maximum atomic E-state index is 13.5. The van der Waals surface area contributed by atoms with Crippen LogP contribution in [0.1, 0.15) is 49.4 Å². The molecule has 0 atom stereocenters. The minimum Gasteiger partial charge on any atom is -0.480 e. The summed E-state index contributed by atoms with van der Waals surface area (Å²) in [6, 6.07) is 9.40. The Bertz CT molecular complexity index is 1340. The van der Waals surface area contributed by atoms with Crippen LogP contribution in [0.4, 0.5) is 8.78 Å². The number of methoxy groups -OCH3 is 1. The summed E-state index contributed by atoms with van der Waals surface area (Å²) in [6.07, 6.45) is 6.99. The first-order chi connectivity index (χ1) is 18.1. The van der Waals surface area contributed by atoms with Gasteiger partial charge in [0.05, 0.1) is 12.8 Å². The number of thioether (sulfide) groups is 1. The lowest BCUT2D eigenvalue weighted by molar-refractivity contribution is 0.0622. The number of rotatable bonds is 11. The minimum absolute atomic E-state index is 0.0380. The summed E-state index contributed by atoms with van der Waals surface area (Å²) in [7, 11) is 3.27. The van der Waals surface area contributed by atoms with Gasteiger partial charge in [-0.3, -0.25) is 0 Å². The lowest BCUT2D eigenvalue weighted by atomic mass is 10.1. The van der Waals surface area contributed by atoms with Gasteiger partial charge in [-0.15, -0.1) is 11.8 Å². The number of allylic oxidation sites excluding steroid dienone is 1. The Morgan fingerprint density at radius 3 is 2.53 bits per heavy atom. The lowest BCUT2D eigenvalue weighted by Gasteiger charge is -2.21. The molecule has 0 radical (unpaired) electrons. The molecule has 0 bridgehead atoms. The molecule has 1 fully saturated rings. The van der Waals surface area contributed by atoms with Gasteiger partial charge in [-0.05, 0) is 37.1 Å². The van der Waals surface area contributed by atoms with Crippen LogP contribution in [0.3, 0.4) is 0 Å². The van der Waals surface area contributed by atoms with Crippen molar-refractivity contribution in [3.05, 3.63) is 71.8 Å². The maximum absolute atomic E-state index is 13.5. The van der Waals surface area contributed by atoms with E-state index in [1.54, 1.807) is 25.1 Å². The quantitative estimate of drug-likeness (QED) is 0.200. The molecule has 0 unspecified atom stereocenters. The smallest absolute Gasteiger partial charge is 0.268 e. The summed E-state index contributed by atoms with van der Waals surface area (Å²) in [6.45, 7) is 6.61. The Balaban J connectivity index is 1.51. The highest BCUT2D eigenvalue weighted by molar-refractivity contribution is 7.98. The number of nitrogens with zero attached hydrogens (tertiary/aromatic N) is 5. The highest BCUT2D eigenvalue weighted by Crippen LogP contribution is 2.45. The molecule has 38 heavy (non-hydrogen) atoms. The van der Waals surface area contributed by atoms with E-state index in [2.05, 4.69) is 26.5 Å². The Labute approximate surface area is 226 Å². The first-order valence-corrected chi connectivity index (χ1v) is 13.4. The van der Waals surface area contributed by atoms with Gasteiger partial charge >= 0.3 is 0 Å². The molecule has 1 aromatic carbocycles. The van der Waals surface area contributed by atoms with Crippen molar-refractivity contribution in [3.63, 3.8) is 0 Å². The number of hydrogen-bond acceptors (Lipinski definition) is 8. The first kappa shape index (κ1) is 27.5. The van der Waals surface area contributed by atoms with Crippen LogP contribution in [0, 0.1) is 0 Å². The number of hydrogen-bond donors (Lipinski definition) is 0. The van der Waals surface area contributed by atoms with Crippen LogP contribution < -0.4 is 9.47 Å². The van der Waals surface area contributed by atoms with Gasteiger partial charge in [-0.25, -0.2) is 23.7 Å². The van der Waals surface area contributed by atoms with Crippen molar-refractivity contribution in [3.8, 4) is 23.1 Å². The van der Waals surface area contributed by atoms with E-state index < -0.39 is 5.92 Å². The van der Waals surface area contributed by atoms with Gasteiger partial charge in [-0.2, -0.15) is 4.98 Å². The van der Waals surface area contributed by atoms with E-state index in [-0.39, 0.29) is 12.2 Å². The lowest BCUT2D eigenvalue weighted by Crippen LogP contribution is -2.16. The van der Waals surface area contributed by atoms with E-state index in [4.69, 9.17) is 9.47 Å². The molecule has 7 nitrogen and oxygen atoms in total. The zero-order valence-electron chi connectivity index (χ0n) is 22.2. The van der Waals surface area contributed by atoms with Gasteiger partial charge in [0, 0.05) is 43.4 Å². The second-order valence-electron chi connectivity index (χ2n) is 9.23. The second kappa shape index (κ2) is 11.5. The molecular weight excluding hydrogens is 508 g/mol. The molecule has 0 amide bonds. The van der Waals surface area contributed by atoms with Gasteiger partial charge < -0.3 is 14.4 Å². The monoisotopic (exact) mass is 539 g/mol. The third-order valence-corrected chi connectivity index (χ3v) is 6.92. The van der Waals surface area contributed by atoms with E-state index in [1.165, 1.54) is 31.2 Å². The summed E-state index contributed by atoms with van der Waals surface area (Å²) >= 11 is 1.49. The zero-order valence-corrected chi connectivity index (χ0v) is 23.0. The fourth-order valence-electron chi connectivity index (χ4n) is 3.74. The molecule has 4 rings (SSSR count). The fourth-order valence-corrected chi connectivity index (χ4v) is 4.14. The standard InChI is InChI=1S/C28H31F2N5O2S/c1-17(28(3,29)30)14-35(4)18(2)20-9-7-19(8-10-20)15-37-22-13-23(38-6)34-26(33-22)24-25(21-11-12-21)31-16-32-27(24)36-5/h7-10,13-14,16,21H,2,11-12,15H2,1,3-6H3/b17-14+. The predicted molar refractivity (Wildman–Crippen MR) is 145 cm³/mol. The van der Waals surface area contributed by atoms with E-state index in [0.717, 1.165) is 41.6 Å². The van der Waals surface area contributed by atoms with Gasteiger partial charge in [0.25, 0.3) is 5.92 Å². The van der Waals surface area contributed by atoms with Crippen LogP contribution in [0.15, 0.2) is 60.0 Å². The topological polar surface area (TPSA) is 73.3 Å². The summed E-state index contributed by atoms with van der Waals surface area (Å²) in [4.78, 5) is 19.7. The van der Waals surface area contributed by atoms with Crippen molar-refractivity contribution in [1.82, 2.24) is 24.8 Å². The molecule has 0 spiro atoms. The first-order valence-electron chi connectivity index (χ1n) is 12.1. The van der Waals surface area contributed by atoms with Crippen molar-refractivity contribution in [2.45, 2.75) is 50.2 Å². The number of benzene rings is 1. The molecule has 3 aromatic rings. The highest BCUT2D eigenvalue weighted by atomic mass is 32.2. The number of halogens is 2. The van der Waals surface area contributed by atoms with Gasteiger partial charge in [0.2, 0.25) is 11.8 Å². The SMILES string of the molecule is C=C(c1ccc(COc2cc(SC)nc(-c3c(OC)ncnc3C3CC3)n2)cc1)N(C)/C=C(\C)C(C)(F)F. The Morgan fingerprint density at radius 1 is 1.21 bits per heavy atom. The highest BCUT2D eigenvalue weighted by Gasteiger charge is 2.31. The van der Waals surface area contributed by atoms with Crippen LogP contribution in [0.5, 0.6) is 11.8 Å². The molecule has 1 aliphatic carbocycles. The predicted octanol–water partition coefficient (Wildman–Crippen LogP) is 6.58. The Hall–Kier alpha value is -3.53. The van der Waals surface area contributed by atoms with Crippen molar-refractivity contribution in [2.24, 2.45) is 0 Å². The average molecular weight is 540 g/mol.